The quantitative estimate of drug-likeness (QED) is 0.690. The zero-order valence-electron chi connectivity index (χ0n) is 16.7. The van der Waals surface area contributed by atoms with E-state index in [1.807, 2.05) is 24.0 Å². The lowest BCUT2D eigenvalue weighted by Crippen LogP contribution is -2.35. The van der Waals surface area contributed by atoms with E-state index in [9.17, 15) is 4.79 Å². The Hall–Kier alpha value is -2.72. The van der Waals surface area contributed by atoms with Crippen molar-refractivity contribution in [2.45, 2.75) is 26.8 Å². The van der Waals surface area contributed by atoms with E-state index in [0.717, 1.165) is 66.9 Å². The highest BCUT2D eigenvalue weighted by molar-refractivity contribution is 6.06. The fraction of sp³-hybridized carbons (Fsp3) is 0.333. The number of hydrogen-bond acceptors (Lipinski definition) is 3. The van der Waals surface area contributed by atoms with Gasteiger partial charge in [-0.05, 0) is 44.0 Å². The minimum atomic E-state index is 0.127. The summed E-state index contributed by atoms with van der Waals surface area (Å²) in [6.07, 6.45) is 1.000. The maximum Gasteiger partial charge on any atom is 0.254 e. The molecule has 0 atom stereocenters. The van der Waals surface area contributed by atoms with E-state index in [0.29, 0.717) is 0 Å². The number of hydrogen-bond donors (Lipinski definition) is 0. The highest BCUT2D eigenvalue weighted by Gasteiger charge is 2.22. The van der Waals surface area contributed by atoms with Gasteiger partial charge in [-0.2, -0.15) is 0 Å². The molecule has 2 aromatic carbocycles. The molecule has 0 radical (unpaired) electrons. The van der Waals surface area contributed by atoms with Crippen LogP contribution in [0.25, 0.3) is 10.9 Å². The number of fused-ring (bicyclic) bond motifs is 1. The van der Waals surface area contributed by atoms with Crippen molar-refractivity contribution in [3.8, 4) is 0 Å². The number of amides is 1. The van der Waals surface area contributed by atoms with Crippen LogP contribution in [0, 0.1) is 13.8 Å². The Balaban J connectivity index is 1.53. The summed E-state index contributed by atoms with van der Waals surface area (Å²) < 4.78 is 0. The van der Waals surface area contributed by atoms with Gasteiger partial charge < -0.3 is 4.90 Å². The van der Waals surface area contributed by atoms with Gasteiger partial charge in [0.15, 0.2) is 0 Å². The third-order valence-electron chi connectivity index (χ3n) is 5.45. The van der Waals surface area contributed by atoms with Crippen molar-refractivity contribution < 1.29 is 4.79 Å². The molecule has 1 aromatic heterocycles. The third-order valence-corrected chi connectivity index (χ3v) is 5.45. The lowest BCUT2D eigenvalue weighted by molar-refractivity contribution is 0.0763. The van der Waals surface area contributed by atoms with Crippen LogP contribution in [-0.2, 0) is 6.54 Å². The van der Waals surface area contributed by atoms with Gasteiger partial charge >= 0.3 is 0 Å². The topological polar surface area (TPSA) is 36.4 Å². The van der Waals surface area contributed by atoms with Crippen LogP contribution in [0.5, 0.6) is 0 Å². The van der Waals surface area contributed by atoms with Crippen molar-refractivity contribution in [1.82, 2.24) is 14.8 Å². The van der Waals surface area contributed by atoms with E-state index in [1.165, 1.54) is 5.56 Å². The molecule has 0 unspecified atom stereocenters. The molecule has 1 amide bonds. The standard InChI is InChI=1S/C24H27N3O/c1-18-9-10-23-21(15-18)22(16-19(2)25-23)24(28)27-12-6-11-26(13-14-27)17-20-7-4-3-5-8-20/h3-5,7-10,15-16H,6,11-14,17H2,1-2H3. The first-order valence-electron chi connectivity index (χ1n) is 10.0. The second kappa shape index (κ2) is 8.11. The van der Waals surface area contributed by atoms with Crippen LogP contribution in [0.15, 0.2) is 54.6 Å². The first-order chi connectivity index (χ1) is 13.6. The van der Waals surface area contributed by atoms with Crippen molar-refractivity contribution in [3.05, 3.63) is 77.0 Å². The largest absolute Gasteiger partial charge is 0.337 e. The number of pyridine rings is 1. The van der Waals surface area contributed by atoms with E-state index in [4.69, 9.17) is 0 Å². The summed E-state index contributed by atoms with van der Waals surface area (Å²) in [6.45, 7) is 8.45. The Morgan fingerprint density at radius 1 is 0.964 bits per heavy atom. The highest BCUT2D eigenvalue weighted by Crippen LogP contribution is 2.22. The van der Waals surface area contributed by atoms with Gasteiger partial charge in [-0.15, -0.1) is 0 Å². The Kier molecular flexibility index (Phi) is 5.40. The Morgan fingerprint density at radius 3 is 2.61 bits per heavy atom. The summed E-state index contributed by atoms with van der Waals surface area (Å²) >= 11 is 0. The monoisotopic (exact) mass is 373 g/mol. The number of rotatable bonds is 3. The molecule has 1 fully saturated rings. The van der Waals surface area contributed by atoms with E-state index in [2.05, 4.69) is 59.3 Å². The molecule has 4 nitrogen and oxygen atoms in total. The number of nitrogens with zero attached hydrogens (tertiary/aromatic N) is 3. The number of carbonyl (C=O) groups excluding carboxylic acids is 1. The van der Waals surface area contributed by atoms with E-state index in [-0.39, 0.29) is 5.91 Å². The predicted octanol–water partition coefficient (Wildman–Crippen LogP) is 4.20. The van der Waals surface area contributed by atoms with Crippen molar-refractivity contribution in [2.75, 3.05) is 26.2 Å². The van der Waals surface area contributed by atoms with Crippen LogP contribution >= 0.6 is 0 Å². The first kappa shape index (κ1) is 18.6. The van der Waals surface area contributed by atoms with E-state index < -0.39 is 0 Å². The minimum Gasteiger partial charge on any atom is -0.337 e. The highest BCUT2D eigenvalue weighted by atomic mass is 16.2. The number of benzene rings is 2. The van der Waals surface area contributed by atoms with Gasteiger partial charge in [0.2, 0.25) is 0 Å². The molecule has 0 saturated carbocycles. The second-order valence-corrected chi connectivity index (χ2v) is 7.74. The SMILES string of the molecule is Cc1ccc2nc(C)cc(C(=O)N3CCCN(Cc4ccccc4)CC3)c2c1. The molecule has 1 saturated heterocycles. The number of aromatic nitrogens is 1. The zero-order valence-corrected chi connectivity index (χ0v) is 16.7. The normalized spacial score (nSPS) is 15.6. The third kappa shape index (κ3) is 4.07. The molecule has 28 heavy (non-hydrogen) atoms. The molecule has 0 aliphatic carbocycles. The molecule has 1 aliphatic heterocycles. The lowest BCUT2D eigenvalue weighted by atomic mass is 10.0. The van der Waals surface area contributed by atoms with Crippen LogP contribution in [0.3, 0.4) is 0 Å². The van der Waals surface area contributed by atoms with E-state index >= 15 is 0 Å². The van der Waals surface area contributed by atoms with Crippen molar-refractivity contribution in [3.63, 3.8) is 0 Å². The molecule has 0 spiro atoms. The van der Waals surface area contributed by atoms with Gasteiger partial charge in [-0.1, -0.05) is 42.0 Å². The molecular weight excluding hydrogens is 346 g/mol. The van der Waals surface area contributed by atoms with Gasteiger partial charge in [-0.25, -0.2) is 0 Å². The number of carbonyl (C=O) groups is 1. The minimum absolute atomic E-state index is 0.127. The molecule has 1 aliphatic rings. The summed E-state index contributed by atoms with van der Waals surface area (Å²) in [5.74, 6) is 0.127. The molecule has 0 N–H and O–H groups in total. The Bertz CT molecular complexity index is 984. The summed E-state index contributed by atoms with van der Waals surface area (Å²) in [5.41, 5.74) is 5.04. The molecule has 144 valence electrons. The number of aryl methyl sites for hydroxylation is 2. The van der Waals surface area contributed by atoms with Gasteiger partial charge in [0, 0.05) is 43.8 Å². The van der Waals surface area contributed by atoms with Gasteiger partial charge in [-0.3, -0.25) is 14.7 Å². The maximum absolute atomic E-state index is 13.4. The fourth-order valence-corrected chi connectivity index (χ4v) is 3.99. The first-order valence-corrected chi connectivity index (χ1v) is 10.0. The molecular formula is C24H27N3O. The van der Waals surface area contributed by atoms with Gasteiger partial charge in [0.25, 0.3) is 5.91 Å². The zero-order chi connectivity index (χ0) is 19.5. The average molecular weight is 374 g/mol. The smallest absolute Gasteiger partial charge is 0.254 e. The van der Waals surface area contributed by atoms with Crippen molar-refractivity contribution in [2.24, 2.45) is 0 Å². The molecule has 4 rings (SSSR count). The summed E-state index contributed by atoms with van der Waals surface area (Å²) in [4.78, 5) is 22.4. The van der Waals surface area contributed by atoms with Crippen LogP contribution in [-0.4, -0.2) is 46.9 Å². The Labute approximate surface area is 166 Å². The average Bonchev–Trinajstić information content (AvgIpc) is 2.93. The van der Waals surface area contributed by atoms with Crippen LogP contribution < -0.4 is 0 Å². The van der Waals surface area contributed by atoms with Crippen LogP contribution in [0.4, 0.5) is 0 Å². The lowest BCUT2D eigenvalue weighted by Gasteiger charge is -2.23. The molecule has 4 heteroatoms. The van der Waals surface area contributed by atoms with Gasteiger partial charge in [0.05, 0.1) is 11.1 Å². The van der Waals surface area contributed by atoms with Crippen molar-refractivity contribution in [1.29, 1.82) is 0 Å². The fourth-order valence-electron chi connectivity index (χ4n) is 3.99. The predicted molar refractivity (Wildman–Crippen MR) is 113 cm³/mol. The Morgan fingerprint density at radius 2 is 1.79 bits per heavy atom. The van der Waals surface area contributed by atoms with Crippen molar-refractivity contribution >= 4 is 16.8 Å². The van der Waals surface area contributed by atoms with Crippen LogP contribution in [0.2, 0.25) is 0 Å². The maximum atomic E-state index is 13.4. The summed E-state index contributed by atoms with van der Waals surface area (Å²) in [7, 11) is 0. The molecule has 2 heterocycles. The summed E-state index contributed by atoms with van der Waals surface area (Å²) in [6, 6.07) is 18.6. The van der Waals surface area contributed by atoms with Gasteiger partial charge in [0.1, 0.15) is 0 Å². The van der Waals surface area contributed by atoms with Crippen LogP contribution in [0.1, 0.15) is 33.6 Å². The molecule has 0 bridgehead atoms. The second-order valence-electron chi connectivity index (χ2n) is 7.74. The molecule has 3 aromatic rings. The van der Waals surface area contributed by atoms with E-state index in [1.54, 1.807) is 0 Å². The summed E-state index contributed by atoms with van der Waals surface area (Å²) in [5, 5.41) is 0.959.